The highest BCUT2D eigenvalue weighted by Crippen LogP contribution is 2.18. The Bertz CT molecular complexity index is 520. The summed E-state index contributed by atoms with van der Waals surface area (Å²) in [7, 11) is 0. The van der Waals surface area contributed by atoms with E-state index >= 15 is 0 Å². The number of hydrogen-bond donors (Lipinski definition) is 0. The molecule has 0 aromatic heterocycles. The number of non-ortho nitro benzene ring substituents is 1. The van der Waals surface area contributed by atoms with Gasteiger partial charge in [0.2, 0.25) is 0 Å². The van der Waals surface area contributed by atoms with E-state index in [-0.39, 0.29) is 5.69 Å². The van der Waals surface area contributed by atoms with E-state index in [4.69, 9.17) is 10.5 Å². The largest absolute Gasteiger partial charge is 0.269 e. The van der Waals surface area contributed by atoms with E-state index in [0.717, 1.165) is 0 Å². The fraction of sp³-hybridized carbons (Fsp3) is 0.182. The van der Waals surface area contributed by atoms with Crippen molar-refractivity contribution in [1.29, 1.82) is 10.5 Å². The molecule has 1 aromatic carbocycles. The average Bonchev–Trinajstić information content (AvgIpc) is 2.31. The molecule has 0 unspecified atom stereocenters. The van der Waals surface area contributed by atoms with E-state index in [1.165, 1.54) is 24.3 Å². The molecule has 0 saturated carbocycles. The molecule has 0 fully saturated rings. The second-order valence-corrected chi connectivity index (χ2v) is 3.22. The molecule has 6 heteroatoms. The molecule has 1 aromatic rings. The number of nitriles is 2. The van der Waals surface area contributed by atoms with Crippen LogP contribution in [0.4, 0.5) is 11.4 Å². The van der Waals surface area contributed by atoms with Gasteiger partial charge in [-0.15, -0.1) is 0 Å². The Morgan fingerprint density at radius 1 is 1.35 bits per heavy atom. The predicted molar refractivity (Wildman–Crippen MR) is 60.6 cm³/mol. The van der Waals surface area contributed by atoms with Crippen LogP contribution in [0.15, 0.2) is 29.3 Å². The van der Waals surface area contributed by atoms with Crippen molar-refractivity contribution in [2.24, 2.45) is 10.9 Å². The van der Waals surface area contributed by atoms with Gasteiger partial charge in [-0.2, -0.15) is 10.5 Å². The molecular weight excluding hydrogens is 220 g/mol. The van der Waals surface area contributed by atoms with Gasteiger partial charge in [0.05, 0.1) is 22.7 Å². The Balaban J connectivity index is 2.97. The minimum atomic E-state index is -0.898. The first kappa shape index (κ1) is 12.3. The molecule has 0 atom stereocenters. The number of nitro groups is 1. The summed E-state index contributed by atoms with van der Waals surface area (Å²) in [6.45, 7) is 1.57. The molecule has 0 bridgehead atoms. The monoisotopic (exact) mass is 228 g/mol. The number of nitrogens with zero attached hydrogens (tertiary/aromatic N) is 4. The Morgan fingerprint density at radius 3 is 2.29 bits per heavy atom. The van der Waals surface area contributed by atoms with Crippen LogP contribution in [-0.2, 0) is 0 Å². The first-order chi connectivity index (χ1) is 8.08. The normalized spacial score (nSPS) is 10.7. The average molecular weight is 228 g/mol. The lowest BCUT2D eigenvalue weighted by atomic mass is 10.1. The van der Waals surface area contributed by atoms with E-state index in [1.807, 2.05) is 0 Å². The molecule has 0 aliphatic carbocycles. The number of aliphatic imine (C=N–C) groups is 1. The highest BCUT2D eigenvalue weighted by molar-refractivity contribution is 5.90. The van der Waals surface area contributed by atoms with Gasteiger partial charge in [0.25, 0.3) is 5.69 Å². The molecule has 84 valence electrons. The van der Waals surface area contributed by atoms with Crippen molar-refractivity contribution in [1.82, 2.24) is 0 Å². The SMILES string of the molecule is CC(=Nc1ccc([N+](=O)[O-])cc1)C(C#N)C#N. The van der Waals surface area contributed by atoms with Crippen LogP contribution in [0.1, 0.15) is 6.92 Å². The van der Waals surface area contributed by atoms with Gasteiger partial charge in [0, 0.05) is 17.8 Å². The summed E-state index contributed by atoms with van der Waals surface area (Å²) in [4.78, 5) is 14.0. The molecule has 0 aliphatic rings. The molecule has 0 spiro atoms. The summed E-state index contributed by atoms with van der Waals surface area (Å²) in [6.07, 6.45) is 0. The summed E-state index contributed by atoms with van der Waals surface area (Å²) in [5.41, 5.74) is 0.811. The summed E-state index contributed by atoms with van der Waals surface area (Å²) < 4.78 is 0. The fourth-order valence-corrected chi connectivity index (χ4v) is 1.13. The molecular formula is C11H8N4O2. The number of rotatable bonds is 3. The highest BCUT2D eigenvalue weighted by atomic mass is 16.6. The minimum absolute atomic E-state index is 0.0290. The maximum absolute atomic E-state index is 10.4. The standard InChI is InChI=1S/C11H8N4O2/c1-8(9(6-12)7-13)14-10-2-4-11(5-3-10)15(16)17/h2-5,9H,1H3. The Kier molecular flexibility index (Phi) is 3.91. The lowest BCUT2D eigenvalue weighted by molar-refractivity contribution is -0.384. The van der Waals surface area contributed by atoms with Gasteiger partial charge in [-0.25, -0.2) is 0 Å². The molecule has 0 radical (unpaired) electrons. The van der Waals surface area contributed by atoms with Crippen LogP contribution in [-0.4, -0.2) is 10.6 Å². The Morgan fingerprint density at radius 2 is 1.88 bits per heavy atom. The van der Waals surface area contributed by atoms with E-state index in [0.29, 0.717) is 11.4 Å². The summed E-state index contributed by atoms with van der Waals surface area (Å²) in [5.74, 6) is -0.898. The first-order valence-electron chi connectivity index (χ1n) is 4.67. The third-order valence-electron chi connectivity index (χ3n) is 2.04. The first-order valence-corrected chi connectivity index (χ1v) is 4.67. The van der Waals surface area contributed by atoms with Gasteiger partial charge >= 0.3 is 0 Å². The zero-order chi connectivity index (χ0) is 12.8. The van der Waals surface area contributed by atoms with Crippen molar-refractivity contribution in [2.45, 2.75) is 6.92 Å². The maximum Gasteiger partial charge on any atom is 0.269 e. The fourth-order valence-electron chi connectivity index (χ4n) is 1.13. The van der Waals surface area contributed by atoms with Crippen LogP contribution in [0.5, 0.6) is 0 Å². The second kappa shape index (κ2) is 5.38. The molecule has 6 nitrogen and oxygen atoms in total. The number of hydrogen-bond acceptors (Lipinski definition) is 5. The molecule has 0 amide bonds. The lowest BCUT2D eigenvalue weighted by Crippen LogP contribution is -2.05. The van der Waals surface area contributed by atoms with Gasteiger partial charge < -0.3 is 0 Å². The van der Waals surface area contributed by atoms with Crippen molar-refractivity contribution in [3.8, 4) is 12.1 Å². The second-order valence-electron chi connectivity index (χ2n) is 3.22. The van der Waals surface area contributed by atoms with Crippen molar-refractivity contribution in [2.75, 3.05) is 0 Å². The zero-order valence-corrected chi connectivity index (χ0v) is 8.99. The highest BCUT2D eigenvalue weighted by Gasteiger charge is 2.09. The third-order valence-corrected chi connectivity index (χ3v) is 2.04. The molecule has 0 N–H and O–H groups in total. The van der Waals surface area contributed by atoms with Crippen LogP contribution in [0.2, 0.25) is 0 Å². The smallest absolute Gasteiger partial charge is 0.258 e. The minimum Gasteiger partial charge on any atom is -0.258 e. The maximum atomic E-state index is 10.4. The van der Waals surface area contributed by atoms with Gasteiger partial charge in [-0.1, -0.05) is 0 Å². The molecule has 1 rings (SSSR count). The van der Waals surface area contributed by atoms with Crippen molar-refractivity contribution in [3.63, 3.8) is 0 Å². The van der Waals surface area contributed by atoms with Gasteiger partial charge in [0.15, 0.2) is 5.92 Å². The Labute approximate surface area is 97.6 Å². The number of nitro benzene ring substituents is 1. The van der Waals surface area contributed by atoms with Crippen LogP contribution in [0.25, 0.3) is 0 Å². The van der Waals surface area contributed by atoms with Crippen LogP contribution in [0.3, 0.4) is 0 Å². The summed E-state index contributed by atoms with van der Waals surface area (Å²) >= 11 is 0. The molecule has 17 heavy (non-hydrogen) atoms. The molecule has 0 saturated heterocycles. The van der Waals surface area contributed by atoms with Gasteiger partial charge in [-0.05, 0) is 19.1 Å². The van der Waals surface area contributed by atoms with E-state index in [1.54, 1.807) is 19.1 Å². The van der Waals surface area contributed by atoms with Gasteiger partial charge in [0.1, 0.15) is 0 Å². The summed E-state index contributed by atoms with van der Waals surface area (Å²) in [5, 5.41) is 27.7. The van der Waals surface area contributed by atoms with Crippen molar-refractivity contribution in [3.05, 3.63) is 34.4 Å². The zero-order valence-electron chi connectivity index (χ0n) is 8.99. The molecule has 0 heterocycles. The van der Waals surface area contributed by atoms with Crippen LogP contribution in [0, 0.1) is 38.7 Å². The van der Waals surface area contributed by atoms with Crippen LogP contribution >= 0.6 is 0 Å². The lowest BCUT2D eigenvalue weighted by Gasteiger charge is -1.99. The van der Waals surface area contributed by atoms with Crippen molar-refractivity contribution >= 4 is 17.1 Å². The number of benzene rings is 1. The quantitative estimate of drug-likeness (QED) is 0.449. The summed E-state index contributed by atoms with van der Waals surface area (Å²) in [6, 6.07) is 9.17. The van der Waals surface area contributed by atoms with E-state index in [2.05, 4.69) is 4.99 Å². The van der Waals surface area contributed by atoms with E-state index in [9.17, 15) is 10.1 Å². The third kappa shape index (κ3) is 3.11. The predicted octanol–water partition coefficient (Wildman–Crippen LogP) is 2.35. The molecule has 0 aliphatic heterocycles. The Hall–Kier alpha value is -2.73. The van der Waals surface area contributed by atoms with E-state index < -0.39 is 10.8 Å². The van der Waals surface area contributed by atoms with Gasteiger partial charge in [-0.3, -0.25) is 15.1 Å². The van der Waals surface area contributed by atoms with Crippen LogP contribution < -0.4 is 0 Å². The topological polar surface area (TPSA) is 103 Å². The van der Waals surface area contributed by atoms with Crippen molar-refractivity contribution < 1.29 is 4.92 Å².